The van der Waals surface area contributed by atoms with Gasteiger partial charge in [0.1, 0.15) is 0 Å². The number of nitrogens with zero attached hydrogens (tertiary/aromatic N) is 1. The van der Waals surface area contributed by atoms with Crippen molar-refractivity contribution in [3.8, 4) is 0 Å². The van der Waals surface area contributed by atoms with E-state index in [2.05, 4.69) is 24.0 Å². The van der Waals surface area contributed by atoms with Crippen molar-refractivity contribution >= 4 is 16.9 Å². The second-order valence-corrected chi connectivity index (χ2v) is 3.60. The van der Waals surface area contributed by atoms with E-state index < -0.39 is 5.97 Å². The maximum atomic E-state index is 9.00. The number of hydrogen-bond donors (Lipinski definition) is 1. The third kappa shape index (κ3) is 3.35. The van der Waals surface area contributed by atoms with Crippen molar-refractivity contribution in [2.24, 2.45) is 0 Å². The number of fused-ring (bicyclic) bond motifs is 1. The molecule has 1 aromatic carbocycles. The zero-order valence-corrected chi connectivity index (χ0v) is 9.69. The summed E-state index contributed by atoms with van der Waals surface area (Å²) in [7, 11) is 0. The van der Waals surface area contributed by atoms with Crippen LogP contribution in [0.25, 0.3) is 10.9 Å². The van der Waals surface area contributed by atoms with E-state index in [1.54, 1.807) is 0 Å². The molecule has 0 saturated heterocycles. The molecular weight excluding hydrogens is 202 g/mol. The average molecular weight is 217 g/mol. The summed E-state index contributed by atoms with van der Waals surface area (Å²) in [5.74, 6) is -0.833. The average Bonchev–Trinajstić information content (AvgIpc) is 2.19. The Morgan fingerprint density at radius 1 is 1.25 bits per heavy atom. The first-order valence-corrected chi connectivity index (χ1v) is 5.03. The molecule has 3 heteroatoms. The Morgan fingerprint density at radius 2 is 1.81 bits per heavy atom. The highest BCUT2D eigenvalue weighted by Gasteiger charge is 1.96. The summed E-state index contributed by atoms with van der Waals surface area (Å²) < 4.78 is 0. The van der Waals surface area contributed by atoms with Gasteiger partial charge in [-0.1, -0.05) is 18.2 Å². The fraction of sp³-hybridized carbons (Fsp3) is 0.231. The molecule has 0 radical (unpaired) electrons. The minimum Gasteiger partial charge on any atom is -0.481 e. The van der Waals surface area contributed by atoms with Gasteiger partial charge in [-0.15, -0.1) is 0 Å². The zero-order valence-electron chi connectivity index (χ0n) is 9.69. The number of carbonyl (C=O) groups is 1. The molecule has 1 N–H and O–H groups in total. The largest absolute Gasteiger partial charge is 0.481 e. The summed E-state index contributed by atoms with van der Waals surface area (Å²) in [4.78, 5) is 13.5. The molecule has 0 aliphatic heterocycles. The van der Waals surface area contributed by atoms with Crippen LogP contribution < -0.4 is 0 Å². The van der Waals surface area contributed by atoms with Crippen molar-refractivity contribution in [2.45, 2.75) is 20.8 Å². The van der Waals surface area contributed by atoms with Gasteiger partial charge < -0.3 is 5.11 Å². The van der Waals surface area contributed by atoms with Crippen LogP contribution >= 0.6 is 0 Å². The highest BCUT2D eigenvalue weighted by molar-refractivity contribution is 5.79. The third-order valence-electron chi connectivity index (χ3n) is 2.17. The van der Waals surface area contributed by atoms with Gasteiger partial charge in [0.25, 0.3) is 5.97 Å². The van der Waals surface area contributed by atoms with Crippen LogP contribution in [0.2, 0.25) is 0 Å². The minimum atomic E-state index is -0.833. The predicted molar refractivity (Wildman–Crippen MR) is 64.5 cm³/mol. The Hall–Kier alpha value is -1.90. The maximum absolute atomic E-state index is 9.00. The van der Waals surface area contributed by atoms with Gasteiger partial charge in [0.15, 0.2) is 0 Å². The lowest BCUT2D eigenvalue weighted by Crippen LogP contribution is -1.87. The SMILES string of the molecule is CC(=O)O.Cc1cc2ccccc2nc1C. The molecule has 0 atom stereocenters. The van der Waals surface area contributed by atoms with Crippen LogP contribution in [0.5, 0.6) is 0 Å². The molecule has 0 unspecified atom stereocenters. The quantitative estimate of drug-likeness (QED) is 0.738. The lowest BCUT2D eigenvalue weighted by molar-refractivity contribution is -0.134. The lowest BCUT2D eigenvalue weighted by atomic mass is 10.1. The van der Waals surface area contributed by atoms with Gasteiger partial charge in [-0.3, -0.25) is 9.78 Å². The normalized spacial score (nSPS) is 9.44. The monoisotopic (exact) mass is 217 g/mol. The molecule has 1 aromatic heterocycles. The Kier molecular flexibility index (Phi) is 4.00. The Labute approximate surface area is 94.8 Å². The molecule has 1 heterocycles. The first-order chi connectivity index (χ1) is 7.50. The maximum Gasteiger partial charge on any atom is 0.300 e. The summed E-state index contributed by atoms with van der Waals surface area (Å²) in [6.07, 6.45) is 0. The summed E-state index contributed by atoms with van der Waals surface area (Å²) >= 11 is 0. The van der Waals surface area contributed by atoms with E-state index in [1.165, 1.54) is 10.9 Å². The van der Waals surface area contributed by atoms with E-state index in [1.807, 2.05) is 25.1 Å². The number of carboxylic acid groups (broad SMARTS) is 1. The Bertz CT molecular complexity index is 462. The number of aliphatic carboxylic acids is 1. The molecule has 0 saturated carbocycles. The van der Waals surface area contributed by atoms with Crippen LogP contribution in [0.1, 0.15) is 18.2 Å². The number of pyridine rings is 1. The van der Waals surface area contributed by atoms with Gasteiger partial charge >= 0.3 is 0 Å². The highest BCUT2D eigenvalue weighted by atomic mass is 16.4. The first-order valence-electron chi connectivity index (χ1n) is 5.03. The fourth-order valence-corrected chi connectivity index (χ4v) is 1.32. The smallest absolute Gasteiger partial charge is 0.300 e. The molecule has 0 aliphatic carbocycles. The number of aromatic nitrogens is 1. The number of carboxylic acids is 1. The number of aryl methyl sites for hydroxylation is 2. The van der Waals surface area contributed by atoms with Gasteiger partial charge in [0.05, 0.1) is 5.52 Å². The van der Waals surface area contributed by atoms with Crippen molar-refractivity contribution in [1.29, 1.82) is 0 Å². The van der Waals surface area contributed by atoms with E-state index in [0.29, 0.717) is 0 Å². The topological polar surface area (TPSA) is 50.2 Å². The van der Waals surface area contributed by atoms with E-state index >= 15 is 0 Å². The molecule has 16 heavy (non-hydrogen) atoms. The molecule has 0 spiro atoms. The van der Waals surface area contributed by atoms with Crippen LogP contribution in [0, 0.1) is 13.8 Å². The standard InChI is InChI=1S/C11H11N.C2H4O2/c1-8-7-10-5-3-4-6-11(10)12-9(8)2;1-2(3)4/h3-7H,1-2H3;1H3,(H,3,4). The van der Waals surface area contributed by atoms with Crippen LogP contribution in [-0.4, -0.2) is 16.1 Å². The van der Waals surface area contributed by atoms with Crippen molar-refractivity contribution < 1.29 is 9.90 Å². The van der Waals surface area contributed by atoms with E-state index in [-0.39, 0.29) is 0 Å². The fourth-order valence-electron chi connectivity index (χ4n) is 1.32. The zero-order chi connectivity index (χ0) is 12.1. The number of benzene rings is 1. The van der Waals surface area contributed by atoms with E-state index in [0.717, 1.165) is 18.1 Å². The van der Waals surface area contributed by atoms with E-state index in [4.69, 9.17) is 9.90 Å². The Balaban J connectivity index is 0.000000280. The number of rotatable bonds is 0. The molecule has 84 valence electrons. The van der Waals surface area contributed by atoms with Crippen molar-refractivity contribution in [1.82, 2.24) is 4.98 Å². The van der Waals surface area contributed by atoms with Crippen LogP contribution in [0.3, 0.4) is 0 Å². The van der Waals surface area contributed by atoms with Crippen molar-refractivity contribution in [2.75, 3.05) is 0 Å². The van der Waals surface area contributed by atoms with Crippen molar-refractivity contribution in [3.63, 3.8) is 0 Å². The number of para-hydroxylation sites is 1. The van der Waals surface area contributed by atoms with Gasteiger partial charge in [-0.25, -0.2) is 0 Å². The molecule has 0 aliphatic rings. The van der Waals surface area contributed by atoms with Gasteiger partial charge in [0.2, 0.25) is 0 Å². The summed E-state index contributed by atoms with van der Waals surface area (Å²) in [5, 5.41) is 8.64. The van der Waals surface area contributed by atoms with Crippen LogP contribution in [0.15, 0.2) is 30.3 Å². The van der Waals surface area contributed by atoms with Crippen molar-refractivity contribution in [3.05, 3.63) is 41.6 Å². The van der Waals surface area contributed by atoms with Crippen LogP contribution in [-0.2, 0) is 4.79 Å². The molecule has 0 amide bonds. The molecule has 0 fully saturated rings. The highest BCUT2D eigenvalue weighted by Crippen LogP contribution is 2.14. The van der Waals surface area contributed by atoms with Crippen LogP contribution in [0.4, 0.5) is 0 Å². The summed E-state index contributed by atoms with van der Waals surface area (Å²) in [6.45, 7) is 5.22. The Morgan fingerprint density at radius 3 is 2.44 bits per heavy atom. The first kappa shape index (κ1) is 12.2. The predicted octanol–water partition coefficient (Wildman–Crippen LogP) is 2.94. The van der Waals surface area contributed by atoms with Gasteiger partial charge in [-0.05, 0) is 31.5 Å². The summed E-state index contributed by atoms with van der Waals surface area (Å²) in [6, 6.07) is 10.4. The van der Waals surface area contributed by atoms with Gasteiger partial charge in [0, 0.05) is 18.0 Å². The van der Waals surface area contributed by atoms with E-state index in [9.17, 15) is 0 Å². The second kappa shape index (κ2) is 5.26. The molecule has 2 rings (SSSR count). The third-order valence-corrected chi connectivity index (χ3v) is 2.17. The second-order valence-electron chi connectivity index (χ2n) is 3.60. The molecule has 0 bridgehead atoms. The molecular formula is C13H15NO2. The summed E-state index contributed by atoms with van der Waals surface area (Å²) in [5.41, 5.74) is 3.46. The number of hydrogen-bond acceptors (Lipinski definition) is 2. The van der Waals surface area contributed by atoms with Gasteiger partial charge in [-0.2, -0.15) is 0 Å². The molecule has 2 aromatic rings. The molecule has 3 nitrogen and oxygen atoms in total. The minimum absolute atomic E-state index is 0.833. The lowest BCUT2D eigenvalue weighted by Gasteiger charge is -2.01.